The Hall–Kier alpha value is -1.47. The van der Waals surface area contributed by atoms with Crippen molar-refractivity contribution in [2.45, 2.75) is 39.3 Å². The Kier molecular flexibility index (Phi) is 6.08. The summed E-state index contributed by atoms with van der Waals surface area (Å²) >= 11 is 0. The third-order valence-electron chi connectivity index (χ3n) is 3.12. The summed E-state index contributed by atoms with van der Waals surface area (Å²) in [5.41, 5.74) is -0.203. The van der Waals surface area contributed by atoms with Crippen LogP contribution in [0.2, 0.25) is 0 Å². The number of sulfonamides is 1. The van der Waals surface area contributed by atoms with Crippen LogP contribution in [0.1, 0.15) is 32.8 Å². The molecule has 0 saturated heterocycles. The maximum absolute atomic E-state index is 13.4. The van der Waals surface area contributed by atoms with Crippen molar-refractivity contribution in [1.29, 1.82) is 0 Å². The molecule has 0 unspecified atom stereocenters. The van der Waals surface area contributed by atoms with Gasteiger partial charge < -0.3 is 5.32 Å². The maximum atomic E-state index is 13.4. The van der Waals surface area contributed by atoms with E-state index in [4.69, 9.17) is 0 Å². The number of carbonyl (C=O) groups is 1. The number of hydrogen-bond acceptors (Lipinski definition) is 3. The number of nitrogens with one attached hydrogen (secondary N) is 1. The van der Waals surface area contributed by atoms with Crippen LogP contribution in [0.5, 0.6) is 0 Å². The molecule has 1 N–H and O–H groups in total. The minimum absolute atomic E-state index is 0.0266. The maximum Gasteiger partial charge on any atom is 0.221 e. The van der Waals surface area contributed by atoms with Gasteiger partial charge in [-0.3, -0.25) is 4.79 Å². The lowest BCUT2D eigenvalue weighted by Gasteiger charge is -2.33. The first-order chi connectivity index (χ1) is 10.0. The lowest BCUT2D eigenvalue weighted by Crippen LogP contribution is -2.46. The second kappa shape index (κ2) is 7.19. The van der Waals surface area contributed by atoms with Crippen LogP contribution in [-0.2, 0) is 21.4 Å². The fourth-order valence-electron chi connectivity index (χ4n) is 2.13. The fraction of sp³-hybridized carbons (Fsp3) is 0.533. The van der Waals surface area contributed by atoms with Crippen molar-refractivity contribution in [3.63, 3.8) is 0 Å². The summed E-state index contributed by atoms with van der Waals surface area (Å²) in [6.07, 6.45) is 1.15. The van der Waals surface area contributed by atoms with Crippen LogP contribution in [0.4, 0.5) is 4.39 Å². The molecule has 1 rings (SSSR count). The van der Waals surface area contributed by atoms with Gasteiger partial charge in [0.25, 0.3) is 0 Å². The van der Waals surface area contributed by atoms with E-state index in [9.17, 15) is 17.6 Å². The van der Waals surface area contributed by atoms with Crippen molar-refractivity contribution in [3.8, 4) is 0 Å². The van der Waals surface area contributed by atoms with Crippen molar-refractivity contribution >= 4 is 15.9 Å². The summed E-state index contributed by atoms with van der Waals surface area (Å²) in [6, 6.07) is 6.18. The summed E-state index contributed by atoms with van der Waals surface area (Å²) in [6.45, 7) is 5.48. The number of halogens is 1. The van der Waals surface area contributed by atoms with Gasteiger partial charge in [-0.15, -0.1) is 0 Å². The largest absolute Gasteiger partial charge is 0.352 e. The van der Waals surface area contributed by atoms with Gasteiger partial charge in [-0.1, -0.05) is 18.2 Å². The average Bonchev–Trinajstić information content (AvgIpc) is 2.34. The number of nitrogens with zero attached hydrogens (tertiary/aromatic N) is 1. The van der Waals surface area contributed by atoms with Crippen LogP contribution in [0.3, 0.4) is 0 Å². The van der Waals surface area contributed by atoms with Crippen molar-refractivity contribution in [3.05, 3.63) is 35.6 Å². The average molecular weight is 330 g/mol. The van der Waals surface area contributed by atoms with Crippen LogP contribution < -0.4 is 5.32 Å². The predicted octanol–water partition coefficient (Wildman–Crippen LogP) is 1.89. The highest BCUT2D eigenvalue weighted by molar-refractivity contribution is 7.88. The predicted molar refractivity (Wildman–Crippen MR) is 84.2 cm³/mol. The molecular formula is C15H23FN2O3S. The van der Waals surface area contributed by atoms with Gasteiger partial charge >= 0.3 is 0 Å². The molecule has 0 aromatic heterocycles. The van der Waals surface area contributed by atoms with E-state index in [1.54, 1.807) is 39.0 Å². The molecule has 22 heavy (non-hydrogen) atoms. The monoisotopic (exact) mass is 330 g/mol. The number of hydrogen-bond donors (Lipinski definition) is 1. The van der Waals surface area contributed by atoms with Crippen LogP contribution in [-0.4, -0.2) is 37.0 Å². The Bertz CT molecular complexity index is 624. The molecule has 0 bridgehead atoms. The molecule has 0 fully saturated rings. The zero-order valence-corrected chi connectivity index (χ0v) is 14.2. The van der Waals surface area contributed by atoms with E-state index >= 15 is 0 Å². The van der Waals surface area contributed by atoms with Crippen molar-refractivity contribution in [1.82, 2.24) is 9.62 Å². The van der Waals surface area contributed by atoms with Gasteiger partial charge in [0.15, 0.2) is 0 Å². The highest BCUT2D eigenvalue weighted by Gasteiger charge is 2.29. The molecule has 1 aromatic carbocycles. The van der Waals surface area contributed by atoms with E-state index in [2.05, 4.69) is 5.32 Å². The Balaban J connectivity index is 2.57. The van der Waals surface area contributed by atoms with Crippen molar-refractivity contribution in [2.75, 3.05) is 12.8 Å². The molecule has 0 spiro atoms. The highest BCUT2D eigenvalue weighted by atomic mass is 32.2. The fourth-order valence-corrected chi connectivity index (χ4v) is 3.54. The van der Waals surface area contributed by atoms with Gasteiger partial charge in [-0.2, -0.15) is 4.31 Å². The molecule has 1 amide bonds. The molecule has 7 heteroatoms. The molecule has 0 aliphatic heterocycles. The minimum Gasteiger partial charge on any atom is -0.352 e. The molecular weight excluding hydrogens is 307 g/mol. The highest BCUT2D eigenvalue weighted by Crippen LogP contribution is 2.17. The second-order valence-electron chi connectivity index (χ2n) is 6.12. The van der Waals surface area contributed by atoms with Gasteiger partial charge in [0.2, 0.25) is 15.9 Å². The second-order valence-corrected chi connectivity index (χ2v) is 8.03. The summed E-state index contributed by atoms with van der Waals surface area (Å²) in [5, 5.41) is 2.60. The molecule has 5 nitrogen and oxygen atoms in total. The zero-order valence-electron chi connectivity index (χ0n) is 13.4. The first-order valence-corrected chi connectivity index (χ1v) is 8.84. The van der Waals surface area contributed by atoms with Gasteiger partial charge in [0.05, 0.1) is 6.26 Å². The van der Waals surface area contributed by atoms with Crippen LogP contribution in [0.15, 0.2) is 24.3 Å². The molecule has 0 atom stereocenters. The number of carbonyl (C=O) groups excluding carboxylic acids is 1. The molecule has 0 aliphatic rings. The minimum atomic E-state index is -3.40. The Morgan fingerprint density at radius 2 is 1.86 bits per heavy atom. The van der Waals surface area contributed by atoms with Gasteiger partial charge in [-0.05, 0) is 26.8 Å². The van der Waals surface area contributed by atoms with Crippen molar-refractivity contribution < 1.29 is 17.6 Å². The number of rotatable bonds is 6. The summed E-state index contributed by atoms with van der Waals surface area (Å²) in [5.74, 6) is -0.698. The molecule has 0 radical (unpaired) electrons. The molecule has 0 heterocycles. The number of benzene rings is 1. The van der Waals surface area contributed by atoms with Crippen LogP contribution in [0.25, 0.3) is 0 Å². The van der Waals surface area contributed by atoms with Crippen LogP contribution in [0, 0.1) is 5.82 Å². The van der Waals surface area contributed by atoms with E-state index in [1.165, 1.54) is 10.4 Å². The lowest BCUT2D eigenvalue weighted by molar-refractivity contribution is -0.121. The van der Waals surface area contributed by atoms with E-state index < -0.39 is 15.6 Å². The zero-order chi connectivity index (χ0) is 17.0. The standard InChI is InChI=1S/C15H23FN2O3S/c1-15(2,3)18(22(4,20)21)10-9-14(19)17-11-12-7-5-6-8-13(12)16/h5-8H,9-11H2,1-4H3,(H,17,19). The number of amides is 1. The molecule has 1 aromatic rings. The van der Waals surface area contributed by atoms with Crippen molar-refractivity contribution in [2.24, 2.45) is 0 Å². The van der Waals surface area contributed by atoms with Gasteiger partial charge in [0, 0.05) is 30.6 Å². The van der Waals surface area contributed by atoms with E-state index in [-0.39, 0.29) is 31.2 Å². The van der Waals surface area contributed by atoms with E-state index in [0.717, 1.165) is 6.26 Å². The lowest BCUT2D eigenvalue weighted by atomic mass is 10.1. The van der Waals surface area contributed by atoms with Gasteiger partial charge in [-0.25, -0.2) is 12.8 Å². The third kappa shape index (κ3) is 5.73. The van der Waals surface area contributed by atoms with Gasteiger partial charge in [0.1, 0.15) is 5.82 Å². The van der Waals surface area contributed by atoms with E-state index in [1.807, 2.05) is 0 Å². The smallest absolute Gasteiger partial charge is 0.221 e. The molecule has 0 saturated carbocycles. The van der Waals surface area contributed by atoms with Crippen LogP contribution >= 0.6 is 0 Å². The normalized spacial score (nSPS) is 12.5. The first-order valence-electron chi connectivity index (χ1n) is 7.00. The summed E-state index contributed by atoms with van der Waals surface area (Å²) in [4.78, 5) is 11.8. The SMILES string of the molecule is CC(C)(C)N(CCC(=O)NCc1ccccc1F)S(C)(=O)=O. The quantitative estimate of drug-likeness (QED) is 0.866. The molecule has 0 aliphatic carbocycles. The first kappa shape index (κ1) is 18.6. The third-order valence-corrected chi connectivity index (χ3v) is 4.66. The Labute approximate surface area is 131 Å². The Morgan fingerprint density at radius 1 is 1.27 bits per heavy atom. The summed E-state index contributed by atoms with van der Waals surface area (Å²) in [7, 11) is -3.40. The molecule has 124 valence electrons. The summed E-state index contributed by atoms with van der Waals surface area (Å²) < 4.78 is 38.2. The Morgan fingerprint density at radius 3 is 2.36 bits per heavy atom. The van der Waals surface area contributed by atoms with E-state index in [0.29, 0.717) is 5.56 Å². The topological polar surface area (TPSA) is 66.5 Å².